The zero-order chi connectivity index (χ0) is 35.6. The van der Waals surface area contributed by atoms with E-state index in [-0.39, 0.29) is 0 Å². The number of hydrogen-bond donors (Lipinski definition) is 0. The normalized spacial score (nSPS) is 11.7. The molecule has 11 rings (SSSR count). The van der Waals surface area contributed by atoms with E-state index < -0.39 is 0 Å². The number of fused-ring (bicyclic) bond motifs is 8. The highest BCUT2D eigenvalue weighted by atomic mass is 32.1. The summed E-state index contributed by atoms with van der Waals surface area (Å²) in [7, 11) is 0. The number of anilines is 3. The van der Waals surface area contributed by atoms with Crippen molar-refractivity contribution in [2.45, 2.75) is 0 Å². The molecule has 3 aromatic heterocycles. The summed E-state index contributed by atoms with van der Waals surface area (Å²) in [5.41, 5.74) is 10.5. The molecule has 0 fully saturated rings. The first-order chi connectivity index (χ1) is 26.7. The van der Waals surface area contributed by atoms with Gasteiger partial charge in [0, 0.05) is 63.0 Å². The van der Waals surface area contributed by atoms with Crippen LogP contribution in [0.4, 0.5) is 17.1 Å². The zero-order valence-corrected chi connectivity index (χ0v) is 31.4. The first kappa shape index (κ1) is 31.4. The van der Waals surface area contributed by atoms with Gasteiger partial charge in [-0.05, 0) is 76.9 Å². The van der Waals surface area contributed by atoms with Crippen molar-refractivity contribution in [1.82, 2.24) is 4.98 Å². The van der Waals surface area contributed by atoms with Gasteiger partial charge in [-0.25, -0.2) is 4.98 Å². The zero-order valence-electron chi connectivity index (χ0n) is 28.9. The van der Waals surface area contributed by atoms with Crippen molar-refractivity contribution in [3.8, 4) is 32.8 Å². The van der Waals surface area contributed by atoms with Gasteiger partial charge in [0.25, 0.3) is 0 Å². The molecule has 0 aliphatic rings. The lowest BCUT2D eigenvalue weighted by Crippen LogP contribution is -2.09. The van der Waals surface area contributed by atoms with Crippen molar-refractivity contribution in [1.29, 1.82) is 0 Å². The lowest BCUT2D eigenvalue weighted by molar-refractivity contribution is 1.29. The molecule has 0 spiro atoms. The predicted octanol–water partition coefficient (Wildman–Crippen LogP) is 15.5. The molecule has 254 valence electrons. The van der Waals surface area contributed by atoms with E-state index in [0.29, 0.717) is 0 Å². The van der Waals surface area contributed by atoms with E-state index in [9.17, 15) is 0 Å². The van der Waals surface area contributed by atoms with Crippen LogP contribution < -0.4 is 4.90 Å². The third-order valence-corrected chi connectivity index (χ3v) is 13.7. The van der Waals surface area contributed by atoms with Crippen LogP contribution in [0, 0.1) is 0 Å². The van der Waals surface area contributed by atoms with Crippen LogP contribution in [-0.2, 0) is 0 Å². The van der Waals surface area contributed by atoms with Crippen LogP contribution in [-0.4, -0.2) is 4.98 Å². The monoisotopic (exact) mass is 742 g/mol. The molecule has 0 unspecified atom stereocenters. The summed E-state index contributed by atoms with van der Waals surface area (Å²) >= 11 is 5.49. The Balaban J connectivity index is 1.07. The van der Waals surface area contributed by atoms with Gasteiger partial charge in [-0.1, -0.05) is 127 Å². The van der Waals surface area contributed by atoms with Gasteiger partial charge in [0.15, 0.2) is 0 Å². The Bertz CT molecular complexity index is 3160. The number of nitrogens with zero attached hydrogens (tertiary/aromatic N) is 2. The van der Waals surface area contributed by atoms with E-state index in [2.05, 4.69) is 187 Å². The number of aromatic nitrogens is 1. The summed E-state index contributed by atoms with van der Waals surface area (Å²) in [6, 6.07) is 66.0. The molecule has 0 N–H and O–H groups in total. The molecule has 0 radical (unpaired) electrons. The smallest absolute Gasteiger partial charge is 0.124 e. The fourth-order valence-electron chi connectivity index (χ4n) is 7.75. The fourth-order valence-corrected chi connectivity index (χ4v) is 11.1. The van der Waals surface area contributed by atoms with E-state index in [1.54, 1.807) is 11.3 Å². The van der Waals surface area contributed by atoms with Gasteiger partial charge in [-0.2, -0.15) is 0 Å². The van der Waals surface area contributed by atoms with Crippen molar-refractivity contribution in [3.05, 3.63) is 182 Å². The van der Waals surface area contributed by atoms with Crippen LogP contribution in [0.3, 0.4) is 0 Å². The molecule has 0 atom stereocenters. The highest BCUT2D eigenvalue weighted by Crippen LogP contribution is 2.46. The Morgan fingerprint density at radius 2 is 1.04 bits per heavy atom. The summed E-state index contributed by atoms with van der Waals surface area (Å²) in [5, 5.41) is 6.18. The second-order valence-corrected chi connectivity index (χ2v) is 16.7. The minimum atomic E-state index is 1.06. The number of rotatable bonds is 6. The molecule has 0 bridgehead atoms. The molecule has 11 aromatic rings. The van der Waals surface area contributed by atoms with Crippen molar-refractivity contribution in [3.63, 3.8) is 0 Å². The lowest BCUT2D eigenvalue weighted by Gasteiger charge is -2.26. The van der Waals surface area contributed by atoms with Gasteiger partial charge in [0.2, 0.25) is 0 Å². The van der Waals surface area contributed by atoms with E-state index in [4.69, 9.17) is 4.98 Å². The van der Waals surface area contributed by atoms with Gasteiger partial charge >= 0.3 is 0 Å². The predicted molar refractivity (Wildman–Crippen MR) is 236 cm³/mol. The topological polar surface area (TPSA) is 16.1 Å². The number of benzene rings is 8. The maximum atomic E-state index is 5.21. The van der Waals surface area contributed by atoms with Crippen LogP contribution in [0.1, 0.15) is 0 Å². The number of hydrogen-bond acceptors (Lipinski definition) is 5. The van der Waals surface area contributed by atoms with Crippen LogP contribution in [0.5, 0.6) is 0 Å². The second kappa shape index (κ2) is 12.8. The molecular formula is C49H30N2S3. The van der Waals surface area contributed by atoms with Crippen molar-refractivity contribution < 1.29 is 0 Å². The molecule has 0 saturated heterocycles. The number of thiazole rings is 1. The first-order valence-electron chi connectivity index (χ1n) is 18.0. The van der Waals surface area contributed by atoms with Crippen molar-refractivity contribution >= 4 is 102 Å². The highest BCUT2D eigenvalue weighted by molar-refractivity contribution is 7.27. The van der Waals surface area contributed by atoms with E-state index in [0.717, 1.165) is 33.1 Å². The summed E-state index contributed by atoms with van der Waals surface area (Å²) in [5.74, 6) is 0. The summed E-state index contributed by atoms with van der Waals surface area (Å²) in [6.07, 6.45) is 0. The van der Waals surface area contributed by atoms with Crippen LogP contribution in [0.25, 0.3) is 83.4 Å². The van der Waals surface area contributed by atoms with E-state index in [1.807, 2.05) is 22.7 Å². The molecule has 0 aliphatic carbocycles. The second-order valence-electron chi connectivity index (χ2n) is 13.5. The summed E-state index contributed by atoms with van der Waals surface area (Å²) in [6.45, 7) is 0. The molecule has 3 heterocycles. The largest absolute Gasteiger partial charge is 0.310 e. The molecule has 0 aliphatic heterocycles. The first-order valence-corrected chi connectivity index (χ1v) is 20.5. The van der Waals surface area contributed by atoms with Gasteiger partial charge in [0.1, 0.15) is 5.01 Å². The van der Waals surface area contributed by atoms with Crippen LogP contribution >= 0.6 is 34.0 Å². The summed E-state index contributed by atoms with van der Waals surface area (Å²) in [4.78, 5) is 7.61. The lowest BCUT2D eigenvalue weighted by atomic mass is 10.0. The highest BCUT2D eigenvalue weighted by Gasteiger charge is 2.19. The maximum absolute atomic E-state index is 5.21. The van der Waals surface area contributed by atoms with Gasteiger partial charge in [0.05, 0.1) is 10.2 Å². The Morgan fingerprint density at radius 1 is 0.370 bits per heavy atom. The van der Waals surface area contributed by atoms with E-state index in [1.165, 1.54) is 67.3 Å². The van der Waals surface area contributed by atoms with Gasteiger partial charge in [-0.15, -0.1) is 34.0 Å². The van der Waals surface area contributed by atoms with Gasteiger partial charge in [-0.3, -0.25) is 0 Å². The molecule has 5 heteroatoms. The Labute approximate surface area is 324 Å². The average Bonchev–Trinajstić information content (AvgIpc) is 3.95. The van der Waals surface area contributed by atoms with Crippen molar-refractivity contribution in [2.24, 2.45) is 0 Å². The SMILES string of the molecule is c1ccc(-c2ccc(N(c3cccc(-c4cccc5c4sc4ccccc45)c3)c3ccc4c(c3)sc3ccc5sc(-c6ccccc6)nc5c34)cc2)cc1. The third-order valence-electron chi connectivity index (χ3n) is 10.3. The Morgan fingerprint density at radius 3 is 1.89 bits per heavy atom. The fraction of sp³-hybridized carbons (Fsp3) is 0. The minimum Gasteiger partial charge on any atom is -0.310 e. The third kappa shape index (κ3) is 5.24. The number of thiophene rings is 2. The average molecular weight is 743 g/mol. The van der Waals surface area contributed by atoms with E-state index >= 15 is 0 Å². The Hall–Kier alpha value is -6.11. The molecule has 0 amide bonds. The quantitative estimate of drug-likeness (QED) is 0.169. The van der Waals surface area contributed by atoms with Gasteiger partial charge < -0.3 is 4.90 Å². The van der Waals surface area contributed by atoms with Crippen LogP contribution in [0.2, 0.25) is 0 Å². The molecular weight excluding hydrogens is 713 g/mol. The Kier molecular flexibility index (Phi) is 7.44. The maximum Gasteiger partial charge on any atom is 0.124 e. The van der Waals surface area contributed by atoms with Crippen molar-refractivity contribution in [2.75, 3.05) is 4.90 Å². The molecule has 0 saturated carbocycles. The molecule has 54 heavy (non-hydrogen) atoms. The molecule has 8 aromatic carbocycles. The summed E-state index contributed by atoms with van der Waals surface area (Å²) < 4.78 is 6.37. The molecule has 2 nitrogen and oxygen atoms in total. The standard InChI is InChI=1S/C49H30N2S3/c1-3-11-31(12-4-1)32-21-23-35(24-22-32)51(36-16-9-15-34(29-36)38-18-10-19-40-39-17-7-8-20-42(39)53-48(38)40)37-25-26-41-45(30-37)52-43-27-28-44-47(46(41)43)50-49(54-44)33-13-5-2-6-14-33/h1-30H. The van der Waals surface area contributed by atoms with Crippen LogP contribution in [0.15, 0.2) is 182 Å². The minimum absolute atomic E-state index is 1.06.